The monoisotopic (exact) mass is 438 g/mol. The molecule has 4 atom stereocenters. The molecule has 5 nitrogen and oxygen atoms in total. The fourth-order valence-corrected chi connectivity index (χ4v) is 4.61. The lowest BCUT2D eigenvalue weighted by atomic mass is 9.88. The van der Waals surface area contributed by atoms with Gasteiger partial charge in [-0.2, -0.15) is 18.4 Å². The smallest absolute Gasteiger partial charge is 0.461 e. The van der Waals surface area contributed by atoms with Gasteiger partial charge in [0, 0.05) is 29.2 Å². The van der Waals surface area contributed by atoms with Crippen molar-refractivity contribution in [2.24, 2.45) is 11.8 Å². The fourth-order valence-electron chi connectivity index (χ4n) is 3.41. The van der Waals surface area contributed by atoms with Crippen LogP contribution in [0.3, 0.4) is 0 Å². The van der Waals surface area contributed by atoms with Gasteiger partial charge in [0.2, 0.25) is 0 Å². The predicted octanol–water partition coefficient (Wildman–Crippen LogP) is 4.06. The SMILES string of the molecule is N#Cc1cc(F)cc(OC2=CC=C(S(=N)(=O)C(F)(F)F)C3C2CC(F)(F)[C@H]3O)c1. The van der Waals surface area contributed by atoms with Gasteiger partial charge in [0.25, 0.3) is 5.92 Å². The molecular formula is C17H12F6N2O3S. The molecule has 0 bridgehead atoms. The van der Waals surface area contributed by atoms with Crippen molar-refractivity contribution in [3.63, 3.8) is 0 Å². The molecule has 0 radical (unpaired) electrons. The van der Waals surface area contributed by atoms with Gasteiger partial charge in [-0.05, 0) is 24.3 Å². The molecular weight excluding hydrogens is 426 g/mol. The molecule has 1 saturated carbocycles. The molecule has 0 spiro atoms. The van der Waals surface area contributed by atoms with Crippen LogP contribution in [0.4, 0.5) is 26.3 Å². The first-order valence-electron chi connectivity index (χ1n) is 7.99. The summed E-state index contributed by atoms with van der Waals surface area (Å²) in [4.78, 5) is -1.18. The second kappa shape index (κ2) is 6.77. The van der Waals surface area contributed by atoms with Gasteiger partial charge in [-0.25, -0.2) is 22.2 Å². The lowest BCUT2D eigenvalue weighted by Gasteiger charge is -2.30. The van der Waals surface area contributed by atoms with E-state index in [1.54, 1.807) is 6.07 Å². The average molecular weight is 438 g/mol. The van der Waals surface area contributed by atoms with Crippen molar-refractivity contribution >= 4 is 9.73 Å². The van der Waals surface area contributed by atoms with Crippen molar-refractivity contribution in [3.05, 3.63) is 52.4 Å². The molecule has 3 unspecified atom stereocenters. The van der Waals surface area contributed by atoms with E-state index in [-0.39, 0.29) is 17.1 Å². The number of benzene rings is 1. The Bertz CT molecular complexity index is 1060. The number of nitrogens with one attached hydrogen (secondary N) is 1. The van der Waals surface area contributed by atoms with Gasteiger partial charge in [-0.3, -0.25) is 0 Å². The van der Waals surface area contributed by atoms with Crippen molar-refractivity contribution in [2.45, 2.75) is 24.0 Å². The minimum absolute atomic E-state index is 0.146. The Hall–Kier alpha value is -2.52. The highest BCUT2D eigenvalue weighted by Crippen LogP contribution is 2.54. The molecule has 0 saturated heterocycles. The molecule has 2 aliphatic rings. The van der Waals surface area contributed by atoms with Crippen molar-refractivity contribution in [1.29, 1.82) is 10.0 Å². The van der Waals surface area contributed by atoms with Gasteiger partial charge in [-0.15, -0.1) is 0 Å². The quantitative estimate of drug-likeness (QED) is 0.696. The topological polar surface area (TPSA) is 94.2 Å². The standard InChI is InChI=1S/C17H12F6N2O3S/c18-9-3-8(7-24)4-10(5-9)28-12-1-2-13(29(25,27)17(21,22)23)14-11(12)6-16(19,20)15(14)26/h1-5,11,14-15,25-26H,6H2/t11?,14?,15-,29?/m0/s1. The number of hydrogen-bond acceptors (Lipinski definition) is 5. The van der Waals surface area contributed by atoms with Crippen molar-refractivity contribution in [2.75, 3.05) is 0 Å². The second-order valence-electron chi connectivity index (χ2n) is 6.57. The summed E-state index contributed by atoms with van der Waals surface area (Å²) in [7, 11) is -5.49. The van der Waals surface area contributed by atoms with E-state index in [4.69, 9.17) is 14.8 Å². The molecule has 1 fully saturated rings. The minimum Gasteiger partial charge on any atom is -0.461 e. The van der Waals surface area contributed by atoms with Crippen LogP contribution in [0.2, 0.25) is 0 Å². The van der Waals surface area contributed by atoms with Crippen molar-refractivity contribution in [3.8, 4) is 11.8 Å². The number of rotatable bonds is 3. The molecule has 3 rings (SSSR count). The predicted molar refractivity (Wildman–Crippen MR) is 87.4 cm³/mol. The molecule has 0 amide bonds. The van der Waals surface area contributed by atoms with Crippen LogP contribution in [-0.2, 0) is 9.73 Å². The summed E-state index contributed by atoms with van der Waals surface area (Å²) in [6.45, 7) is 0. The minimum atomic E-state index is -5.53. The van der Waals surface area contributed by atoms with Gasteiger partial charge in [0.15, 0.2) is 9.73 Å². The molecule has 0 heterocycles. The van der Waals surface area contributed by atoms with E-state index in [1.807, 2.05) is 0 Å². The summed E-state index contributed by atoms with van der Waals surface area (Å²) in [5, 5.41) is 18.8. The largest absolute Gasteiger partial charge is 0.483 e. The molecule has 1 aromatic rings. The second-order valence-corrected chi connectivity index (χ2v) is 8.62. The van der Waals surface area contributed by atoms with Crippen molar-refractivity contribution < 1.29 is 40.4 Å². The van der Waals surface area contributed by atoms with Gasteiger partial charge >= 0.3 is 5.51 Å². The van der Waals surface area contributed by atoms with Gasteiger partial charge in [0.1, 0.15) is 23.4 Å². The van der Waals surface area contributed by atoms with Crippen LogP contribution >= 0.6 is 0 Å². The lowest BCUT2D eigenvalue weighted by molar-refractivity contribution is -0.0940. The molecule has 29 heavy (non-hydrogen) atoms. The van der Waals surface area contributed by atoms with Gasteiger partial charge in [0.05, 0.1) is 11.6 Å². The van der Waals surface area contributed by atoms with Gasteiger partial charge in [-0.1, -0.05) is 0 Å². The number of aliphatic hydroxyl groups is 1. The maximum Gasteiger partial charge on any atom is 0.483 e. The van der Waals surface area contributed by atoms with E-state index in [0.717, 1.165) is 24.3 Å². The van der Waals surface area contributed by atoms with Gasteiger partial charge < -0.3 is 9.84 Å². The first kappa shape index (κ1) is 21.2. The number of hydrogen-bond donors (Lipinski definition) is 2. The summed E-state index contributed by atoms with van der Waals surface area (Å²) in [5.41, 5.74) is -5.68. The van der Waals surface area contributed by atoms with Crippen LogP contribution in [0, 0.1) is 33.8 Å². The zero-order chi connectivity index (χ0) is 21.8. The first-order valence-corrected chi connectivity index (χ1v) is 9.55. The number of nitrogens with zero attached hydrogens (tertiary/aromatic N) is 1. The summed E-state index contributed by atoms with van der Waals surface area (Å²) in [6, 6.07) is 4.46. The molecule has 1 aromatic carbocycles. The fraction of sp³-hybridized carbons (Fsp3) is 0.353. The first-order chi connectivity index (χ1) is 13.3. The number of fused-ring (bicyclic) bond motifs is 1. The lowest BCUT2D eigenvalue weighted by Crippen LogP contribution is -2.38. The Labute approximate surface area is 160 Å². The zero-order valence-electron chi connectivity index (χ0n) is 14.2. The Balaban J connectivity index is 2.08. The van der Waals surface area contributed by atoms with Crippen LogP contribution in [0.5, 0.6) is 5.75 Å². The number of allylic oxidation sites excluding steroid dienone is 3. The third kappa shape index (κ3) is 3.60. The highest BCUT2D eigenvalue weighted by Gasteiger charge is 2.61. The van der Waals surface area contributed by atoms with Crippen molar-refractivity contribution in [1.82, 2.24) is 0 Å². The number of aliphatic hydroxyl groups excluding tert-OH is 1. The zero-order valence-corrected chi connectivity index (χ0v) is 15.0. The summed E-state index contributed by atoms with van der Waals surface area (Å²) in [6.07, 6.45) is -2.35. The Morgan fingerprint density at radius 2 is 1.93 bits per heavy atom. The molecule has 2 aliphatic carbocycles. The number of nitriles is 1. The van der Waals surface area contributed by atoms with E-state index >= 15 is 0 Å². The van der Waals surface area contributed by atoms with Crippen LogP contribution in [0.1, 0.15) is 12.0 Å². The molecule has 12 heteroatoms. The Morgan fingerprint density at radius 3 is 2.52 bits per heavy atom. The molecule has 0 aliphatic heterocycles. The third-order valence-corrected chi connectivity index (χ3v) is 6.42. The van der Waals surface area contributed by atoms with Crippen LogP contribution in [0.25, 0.3) is 0 Å². The van der Waals surface area contributed by atoms with Crippen LogP contribution < -0.4 is 4.74 Å². The Morgan fingerprint density at radius 1 is 1.28 bits per heavy atom. The van der Waals surface area contributed by atoms with E-state index in [0.29, 0.717) is 6.08 Å². The normalized spacial score (nSPS) is 27.9. The maximum atomic E-state index is 14.1. The third-order valence-electron chi connectivity index (χ3n) is 4.70. The summed E-state index contributed by atoms with van der Waals surface area (Å²) >= 11 is 0. The molecule has 2 N–H and O–H groups in total. The number of halogens is 6. The summed E-state index contributed by atoms with van der Waals surface area (Å²) in [5.74, 6) is -8.83. The maximum absolute atomic E-state index is 14.1. The van der Waals surface area contributed by atoms with Crippen LogP contribution in [-0.4, -0.2) is 26.9 Å². The number of alkyl halides is 5. The molecule has 0 aromatic heterocycles. The van der Waals surface area contributed by atoms with E-state index in [1.165, 1.54) is 0 Å². The average Bonchev–Trinajstić information content (AvgIpc) is 2.84. The highest BCUT2D eigenvalue weighted by molar-refractivity contribution is 7.97. The van der Waals surface area contributed by atoms with E-state index < -0.39 is 56.2 Å². The van der Waals surface area contributed by atoms with E-state index in [9.17, 15) is 35.7 Å². The molecule has 156 valence electrons. The Kier molecular flexibility index (Phi) is 4.95. The number of ether oxygens (including phenoxy) is 1. The highest BCUT2D eigenvalue weighted by atomic mass is 32.2. The van der Waals surface area contributed by atoms with E-state index in [2.05, 4.69) is 0 Å². The van der Waals surface area contributed by atoms with Crippen LogP contribution in [0.15, 0.2) is 41.0 Å². The summed E-state index contributed by atoms with van der Waals surface area (Å²) < 4.78 is 106.